The Labute approximate surface area is 203 Å². The molecule has 8 heteroatoms. The van der Waals surface area contributed by atoms with Crippen molar-refractivity contribution in [2.24, 2.45) is 5.92 Å². The fourth-order valence-electron chi connectivity index (χ4n) is 4.60. The molecule has 0 radical (unpaired) electrons. The molecule has 34 heavy (non-hydrogen) atoms. The minimum Gasteiger partial charge on any atom is -0.300 e. The molecule has 1 aromatic carbocycles. The first kappa shape index (κ1) is 23.3. The molecule has 178 valence electrons. The summed E-state index contributed by atoms with van der Waals surface area (Å²) < 4.78 is 26.0. The van der Waals surface area contributed by atoms with Crippen LogP contribution in [0, 0.1) is 5.92 Å². The number of aromatic nitrogens is 1. The van der Waals surface area contributed by atoms with E-state index in [1.807, 2.05) is 12.1 Å². The number of sulfone groups is 1. The molecule has 0 aliphatic heterocycles. The summed E-state index contributed by atoms with van der Waals surface area (Å²) in [5.41, 5.74) is 2.38. The number of allylic oxidation sites excluding steroid dienone is 2. The predicted molar refractivity (Wildman–Crippen MR) is 130 cm³/mol. The largest absolute Gasteiger partial charge is 0.300 e. The molecule has 0 bridgehead atoms. The smallest absolute Gasteiger partial charge is 0.181 e. The number of thiazole rings is 1. The summed E-state index contributed by atoms with van der Waals surface area (Å²) in [6.07, 6.45) is 6.94. The van der Waals surface area contributed by atoms with Crippen molar-refractivity contribution >= 4 is 44.1 Å². The van der Waals surface area contributed by atoms with E-state index in [0.29, 0.717) is 58.8 Å². The van der Waals surface area contributed by atoms with Crippen LogP contribution < -0.4 is 0 Å². The Balaban J connectivity index is 1.51. The van der Waals surface area contributed by atoms with E-state index in [0.717, 1.165) is 18.4 Å². The molecule has 3 aliphatic rings. The standard InChI is InChI=1S/C26H27NO5S2/c1-15(28)23-14-33-26(27-23)13-24(30)21(11-16-2-6-19(29)10-16)18-5-9-25(22(12-18)17-3-4-17)34(31,32)20-7-8-20/h5,9,11-12,14,16-17,20H,2-4,6-8,10,13H2,1H3/b21-11+/t16-/m0/s1. The van der Waals surface area contributed by atoms with E-state index >= 15 is 0 Å². The van der Waals surface area contributed by atoms with Crippen LogP contribution in [-0.4, -0.2) is 36.0 Å². The van der Waals surface area contributed by atoms with Crippen molar-refractivity contribution in [3.63, 3.8) is 0 Å². The zero-order valence-electron chi connectivity index (χ0n) is 19.1. The normalized spacial score (nSPS) is 21.1. The molecule has 3 fully saturated rings. The molecule has 2 aromatic rings. The summed E-state index contributed by atoms with van der Waals surface area (Å²) in [5, 5.41) is 1.95. The van der Waals surface area contributed by atoms with E-state index in [4.69, 9.17) is 0 Å². The molecular formula is C26H27NO5S2. The van der Waals surface area contributed by atoms with Crippen LogP contribution in [0.5, 0.6) is 0 Å². The third-order valence-corrected chi connectivity index (χ3v) is 10.0. The van der Waals surface area contributed by atoms with Crippen LogP contribution in [0.2, 0.25) is 0 Å². The molecule has 0 saturated heterocycles. The zero-order valence-corrected chi connectivity index (χ0v) is 20.7. The van der Waals surface area contributed by atoms with E-state index in [2.05, 4.69) is 4.98 Å². The van der Waals surface area contributed by atoms with Gasteiger partial charge in [0.2, 0.25) is 0 Å². The maximum absolute atomic E-state index is 13.5. The molecule has 0 N–H and O–H groups in total. The molecule has 0 spiro atoms. The number of hydrogen-bond acceptors (Lipinski definition) is 7. The SMILES string of the molecule is CC(=O)c1csc(CC(=O)/C(=C/[C@H]2CCC(=O)C2)c2ccc(S(=O)(=O)C3CC3)c(C3CC3)c2)n1. The molecule has 3 saturated carbocycles. The first-order chi connectivity index (χ1) is 16.2. The Kier molecular flexibility index (Phi) is 6.14. The van der Waals surface area contributed by atoms with Crippen molar-refractivity contribution < 1.29 is 22.8 Å². The van der Waals surface area contributed by atoms with Gasteiger partial charge in [0.15, 0.2) is 21.4 Å². The van der Waals surface area contributed by atoms with Crippen LogP contribution in [0.15, 0.2) is 34.6 Å². The van der Waals surface area contributed by atoms with Gasteiger partial charge in [-0.3, -0.25) is 14.4 Å². The molecule has 0 amide bonds. The van der Waals surface area contributed by atoms with E-state index in [1.54, 1.807) is 17.5 Å². The van der Waals surface area contributed by atoms with Gasteiger partial charge in [0.1, 0.15) is 16.5 Å². The number of nitrogens with zero attached hydrogens (tertiary/aromatic N) is 1. The number of ketones is 3. The Morgan fingerprint density at radius 1 is 1.15 bits per heavy atom. The summed E-state index contributed by atoms with van der Waals surface area (Å²) >= 11 is 1.28. The van der Waals surface area contributed by atoms with Gasteiger partial charge in [0.05, 0.1) is 16.6 Å². The van der Waals surface area contributed by atoms with Crippen molar-refractivity contribution in [1.29, 1.82) is 0 Å². The van der Waals surface area contributed by atoms with Crippen molar-refractivity contribution in [2.75, 3.05) is 0 Å². The topological polar surface area (TPSA) is 98.2 Å². The van der Waals surface area contributed by atoms with Crippen LogP contribution in [0.3, 0.4) is 0 Å². The van der Waals surface area contributed by atoms with Crippen molar-refractivity contribution in [3.05, 3.63) is 51.5 Å². The second-order valence-electron chi connectivity index (χ2n) is 9.68. The summed E-state index contributed by atoms with van der Waals surface area (Å²) in [7, 11) is -3.34. The van der Waals surface area contributed by atoms with Gasteiger partial charge in [-0.1, -0.05) is 12.1 Å². The first-order valence-corrected chi connectivity index (χ1v) is 14.2. The summed E-state index contributed by atoms with van der Waals surface area (Å²) in [5.74, 6) is 0.128. The maximum atomic E-state index is 13.5. The highest BCUT2D eigenvalue weighted by molar-refractivity contribution is 7.92. The lowest BCUT2D eigenvalue weighted by Crippen LogP contribution is -2.12. The first-order valence-electron chi connectivity index (χ1n) is 11.8. The maximum Gasteiger partial charge on any atom is 0.181 e. The van der Waals surface area contributed by atoms with E-state index < -0.39 is 9.84 Å². The van der Waals surface area contributed by atoms with Gasteiger partial charge in [-0.2, -0.15) is 0 Å². The van der Waals surface area contributed by atoms with Crippen LogP contribution in [0.1, 0.15) is 84.4 Å². The average Bonchev–Trinajstić information content (AvgIpc) is 3.72. The fourth-order valence-corrected chi connectivity index (χ4v) is 7.36. The highest BCUT2D eigenvalue weighted by Gasteiger charge is 2.40. The molecule has 0 unspecified atom stereocenters. The van der Waals surface area contributed by atoms with Crippen LogP contribution in [0.4, 0.5) is 0 Å². The van der Waals surface area contributed by atoms with E-state index in [9.17, 15) is 22.8 Å². The van der Waals surface area contributed by atoms with E-state index in [-0.39, 0.29) is 40.9 Å². The van der Waals surface area contributed by atoms with Gasteiger partial charge < -0.3 is 0 Å². The average molecular weight is 498 g/mol. The Morgan fingerprint density at radius 2 is 1.91 bits per heavy atom. The quantitative estimate of drug-likeness (QED) is 0.367. The van der Waals surface area contributed by atoms with E-state index in [1.165, 1.54) is 18.3 Å². The van der Waals surface area contributed by atoms with Crippen LogP contribution >= 0.6 is 11.3 Å². The minimum atomic E-state index is -3.34. The highest BCUT2D eigenvalue weighted by Crippen LogP contribution is 2.46. The molecule has 1 atom stereocenters. The number of carbonyl (C=O) groups excluding carboxylic acids is 3. The van der Waals surface area contributed by atoms with Gasteiger partial charge in [0.25, 0.3) is 0 Å². The van der Waals surface area contributed by atoms with Gasteiger partial charge >= 0.3 is 0 Å². The van der Waals surface area contributed by atoms with Gasteiger partial charge in [-0.25, -0.2) is 13.4 Å². The van der Waals surface area contributed by atoms with Crippen molar-refractivity contribution in [2.45, 2.75) is 74.4 Å². The van der Waals surface area contributed by atoms with Crippen LogP contribution in [0.25, 0.3) is 5.57 Å². The van der Waals surface area contributed by atoms with Crippen molar-refractivity contribution in [3.8, 4) is 0 Å². The summed E-state index contributed by atoms with van der Waals surface area (Å²) in [6, 6.07) is 5.30. The number of benzene rings is 1. The number of hydrogen-bond donors (Lipinski definition) is 0. The molecular weight excluding hydrogens is 470 g/mol. The van der Waals surface area contributed by atoms with Crippen molar-refractivity contribution in [1.82, 2.24) is 4.98 Å². The lowest BCUT2D eigenvalue weighted by atomic mass is 9.92. The molecule has 1 aromatic heterocycles. The Morgan fingerprint density at radius 3 is 2.50 bits per heavy atom. The molecule has 5 rings (SSSR count). The lowest BCUT2D eigenvalue weighted by Gasteiger charge is -2.15. The third-order valence-electron chi connectivity index (χ3n) is 6.82. The highest BCUT2D eigenvalue weighted by atomic mass is 32.2. The fraction of sp³-hybridized carbons (Fsp3) is 0.462. The Hall–Kier alpha value is -2.45. The lowest BCUT2D eigenvalue weighted by molar-refractivity contribution is -0.117. The monoisotopic (exact) mass is 497 g/mol. The van der Waals surface area contributed by atoms with Gasteiger partial charge in [-0.05, 0) is 67.2 Å². The van der Waals surface area contributed by atoms with Gasteiger partial charge in [-0.15, -0.1) is 11.3 Å². The second-order valence-corrected chi connectivity index (χ2v) is 12.8. The summed E-state index contributed by atoms with van der Waals surface area (Å²) in [6.45, 7) is 1.44. The zero-order chi connectivity index (χ0) is 24.0. The Bertz CT molecular complexity index is 1310. The number of rotatable bonds is 9. The number of carbonyl (C=O) groups is 3. The molecule has 6 nitrogen and oxygen atoms in total. The molecule has 3 aliphatic carbocycles. The number of Topliss-reactive ketones (excluding diaryl/α,β-unsaturated/α-hetero) is 3. The third kappa shape index (κ3) is 4.84. The summed E-state index contributed by atoms with van der Waals surface area (Å²) in [4.78, 5) is 41.6. The second kappa shape index (κ2) is 8.96. The molecule has 1 heterocycles. The predicted octanol–water partition coefficient (Wildman–Crippen LogP) is 4.72. The van der Waals surface area contributed by atoms with Gasteiger partial charge in [0, 0.05) is 30.7 Å². The van der Waals surface area contributed by atoms with Crippen LogP contribution in [-0.2, 0) is 25.8 Å². The minimum absolute atomic E-state index is 0.00484.